The molecule has 4 heterocycles. The molecule has 3 fully saturated rings. The Balaban J connectivity index is 1.56. The molecule has 134 valence electrons. The van der Waals surface area contributed by atoms with Crippen LogP contribution < -0.4 is 4.74 Å². The Hall–Kier alpha value is -1.69. The Bertz CT molecular complexity index is 751. The molecule has 0 amide bonds. The van der Waals surface area contributed by atoms with Gasteiger partial charge in [0.2, 0.25) is 0 Å². The number of nitrogens with zero attached hydrogens (tertiary/aromatic N) is 2. The summed E-state index contributed by atoms with van der Waals surface area (Å²) >= 11 is 0. The normalized spacial score (nSPS) is 29.7. The van der Waals surface area contributed by atoms with Gasteiger partial charge in [0.25, 0.3) is 0 Å². The summed E-state index contributed by atoms with van der Waals surface area (Å²) in [5.41, 5.74) is 2.31. The van der Waals surface area contributed by atoms with Crippen LogP contribution in [0.5, 0.6) is 5.75 Å². The highest BCUT2D eigenvalue weighted by Crippen LogP contribution is 2.39. The summed E-state index contributed by atoms with van der Waals surface area (Å²) in [6, 6.07) is 8.65. The lowest BCUT2D eigenvalue weighted by molar-refractivity contribution is -0.0686. The number of aliphatic hydroxyl groups is 2. The lowest BCUT2D eigenvalue weighted by Crippen LogP contribution is -2.57. The van der Waals surface area contributed by atoms with E-state index in [1.165, 1.54) is 5.56 Å². The van der Waals surface area contributed by atoms with E-state index in [0.29, 0.717) is 12.0 Å². The van der Waals surface area contributed by atoms with Crippen molar-refractivity contribution >= 4 is 10.9 Å². The van der Waals surface area contributed by atoms with Crippen LogP contribution in [0.1, 0.15) is 18.4 Å². The third kappa shape index (κ3) is 3.12. The van der Waals surface area contributed by atoms with Gasteiger partial charge in [0.15, 0.2) is 0 Å². The minimum Gasteiger partial charge on any atom is -0.497 e. The molecule has 0 saturated carbocycles. The maximum atomic E-state index is 10.1. The molecule has 5 rings (SSSR count). The standard InChI is InChI=1S/C20H26N2O3/c1-25-16-2-3-19-17(10-16)13(4-6-21-19)8-15-9-14-5-7-22(15)11-18(14)20(24)12-23/h2-4,6,10,14-15,18,20,23-24H,5,7-9,11-12H2,1H3/t14-,15-,18-,20+/m0/s1. The van der Waals surface area contributed by atoms with Crippen LogP contribution in [0.3, 0.4) is 0 Å². The van der Waals surface area contributed by atoms with Crippen molar-refractivity contribution in [2.45, 2.75) is 31.4 Å². The third-order valence-electron chi connectivity index (χ3n) is 6.10. The molecule has 0 radical (unpaired) electrons. The number of aliphatic hydroxyl groups excluding tert-OH is 2. The topological polar surface area (TPSA) is 65.8 Å². The van der Waals surface area contributed by atoms with Crippen molar-refractivity contribution in [1.29, 1.82) is 0 Å². The summed E-state index contributed by atoms with van der Waals surface area (Å²) in [6.07, 6.45) is 4.52. The smallest absolute Gasteiger partial charge is 0.119 e. The predicted molar refractivity (Wildman–Crippen MR) is 96.7 cm³/mol. The Morgan fingerprint density at radius 1 is 1.36 bits per heavy atom. The zero-order chi connectivity index (χ0) is 17.4. The Morgan fingerprint density at radius 2 is 2.24 bits per heavy atom. The van der Waals surface area contributed by atoms with Crippen molar-refractivity contribution in [3.63, 3.8) is 0 Å². The van der Waals surface area contributed by atoms with Gasteiger partial charge in [-0.15, -0.1) is 0 Å². The molecule has 1 unspecified atom stereocenters. The summed E-state index contributed by atoms with van der Waals surface area (Å²) in [6.45, 7) is 1.86. The highest BCUT2D eigenvalue weighted by molar-refractivity contribution is 5.83. The zero-order valence-corrected chi connectivity index (χ0v) is 14.6. The number of benzene rings is 1. The maximum Gasteiger partial charge on any atom is 0.119 e. The summed E-state index contributed by atoms with van der Waals surface area (Å²) in [5.74, 6) is 1.59. The van der Waals surface area contributed by atoms with Crippen molar-refractivity contribution in [2.24, 2.45) is 11.8 Å². The van der Waals surface area contributed by atoms with Crippen LogP contribution in [0.2, 0.25) is 0 Å². The lowest BCUT2D eigenvalue weighted by Gasteiger charge is -2.51. The lowest BCUT2D eigenvalue weighted by atomic mass is 9.72. The van der Waals surface area contributed by atoms with Crippen molar-refractivity contribution in [1.82, 2.24) is 9.88 Å². The van der Waals surface area contributed by atoms with Gasteiger partial charge in [-0.3, -0.25) is 9.88 Å². The van der Waals surface area contributed by atoms with Crippen LogP contribution in [-0.4, -0.2) is 59.0 Å². The summed E-state index contributed by atoms with van der Waals surface area (Å²) in [4.78, 5) is 6.97. The van der Waals surface area contributed by atoms with E-state index in [2.05, 4.69) is 22.0 Å². The molecule has 2 N–H and O–H groups in total. The molecule has 3 saturated heterocycles. The maximum absolute atomic E-state index is 10.1. The molecule has 25 heavy (non-hydrogen) atoms. The molecule has 5 nitrogen and oxygen atoms in total. The van der Waals surface area contributed by atoms with Gasteiger partial charge in [-0.25, -0.2) is 0 Å². The number of piperidine rings is 3. The van der Waals surface area contributed by atoms with Gasteiger partial charge in [-0.05, 0) is 61.6 Å². The quantitative estimate of drug-likeness (QED) is 0.868. The number of aromatic nitrogens is 1. The predicted octanol–water partition coefficient (Wildman–Crippen LogP) is 1.85. The number of fused-ring (bicyclic) bond motifs is 4. The first-order chi connectivity index (χ1) is 12.2. The van der Waals surface area contributed by atoms with Crippen LogP contribution in [0.15, 0.2) is 30.5 Å². The number of ether oxygens (including phenoxy) is 1. The molecule has 5 atom stereocenters. The second-order valence-electron chi connectivity index (χ2n) is 7.40. The fourth-order valence-corrected chi connectivity index (χ4v) is 4.70. The average Bonchev–Trinajstić information content (AvgIpc) is 2.67. The fourth-order valence-electron chi connectivity index (χ4n) is 4.70. The molecule has 0 aliphatic carbocycles. The number of pyridine rings is 1. The van der Waals surface area contributed by atoms with Crippen molar-refractivity contribution in [2.75, 3.05) is 26.8 Å². The van der Waals surface area contributed by atoms with Gasteiger partial charge in [0.1, 0.15) is 5.75 Å². The second kappa shape index (κ2) is 6.90. The van der Waals surface area contributed by atoms with Crippen LogP contribution in [-0.2, 0) is 6.42 Å². The molecule has 1 aromatic carbocycles. The first-order valence-corrected chi connectivity index (χ1v) is 9.14. The van der Waals surface area contributed by atoms with Gasteiger partial charge in [-0.2, -0.15) is 0 Å². The molecule has 3 aliphatic heterocycles. The Morgan fingerprint density at radius 3 is 2.96 bits per heavy atom. The van der Waals surface area contributed by atoms with E-state index in [9.17, 15) is 10.2 Å². The highest BCUT2D eigenvalue weighted by atomic mass is 16.5. The zero-order valence-electron chi connectivity index (χ0n) is 14.6. The van der Waals surface area contributed by atoms with Crippen LogP contribution in [0.25, 0.3) is 10.9 Å². The van der Waals surface area contributed by atoms with Gasteiger partial charge in [-0.1, -0.05) is 0 Å². The van der Waals surface area contributed by atoms with Crippen molar-refractivity contribution in [3.8, 4) is 5.75 Å². The number of hydrogen-bond donors (Lipinski definition) is 2. The second-order valence-corrected chi connectivity index (χ2v) is 7.40. The summed E-state index contributed by atoms with van der Waals surface area (Å²) in [7, 11) is 1.69. The van der Waals surface area contributed by atoms with Crippen LogP contribution >= 0.6 is 0 Å². The monoisotopic (exact) mass is 342 g/mol. The van der Waals surface area contributed by atoms with E-state index in [0.717, 1.165) is 49.0 Å². The first-order valence-electron chi connectivity index (χ1n) is 9.14. The minimum atomic E-state index is -0.584. The molecule has 0 spiro atoms. The van der Waals surface area contributed by atoms with Gasteiger partial charge in [0.05, 0.1) is 25.3 Å². The number of methoxy groups -OCH3 is 1. The van der Waals surface area contributed by atoms with Crippen LogP contribution in [0, 0.1) is 11.8 Å². The van der Waals surface area contributed by atoms with E-state index in [1.54, 1.807) is 7.11 Å². The highest BCUT2D eigenvalue weighted by Gasteiger charge is 2.42. The largest absolute Gasteiger partial charge is 0.497 e. The summed E-state index contributed by atoms with van der Waals surface area (Å²) < 4.78 is 5.38. The van der Waals surface area contributed by atoms with E-state index in [-0.39, 0.29) is 12.5 Å². The minimum absolute atomic E-state index is 0.130. The SMILES string of the molecule is COc1ccc2nccc(C[C@H]3C[C@@H]4CCN3C[C@@H]4[C@H](O)CO)c2c1. The molecule has 2 aromatic rings. The summed E-state index contributed by atoms with van der Waals surface area (Å²) in [5, 5.41) is 20.5. The molecule has 3 aliphatic rings. The van der Waals surface area contributed by atoms with Crippen molar-refractivity contribution < 1.29 is 14.9 Å². The molecule has 2 bridgehead atoms. The van der Waals surface area contributed by atoms with E-state index in [1.807, 2.05) is 18.3 Å². The van der Waals surface area contributed by atoms with Gasteiger partial charge in [0, 0.05) is 30.1 Å². The van der Waals surface area contributed by atoms with Crippen molar-refractivity contribution in [3.05, 3.63) is 36.0 Å². The molecule has 5 heteroatoms. The van der Waals surface area contributed by atoms with E-state index >= 15 is 0 Å². The average molecular weight is 342 g/mol. The molecular weight excluding hydrogens is 316 g/mol. The van der Waals surface area contributed by atoms with Crippen LogP contribution in [0.4, 0.5) is 0 Å². The van der Waals surface area contributed by atoms with E-state index in [4.69, 9.17) is 4.74 Å². The van der Waals surface area contributed by atoms with Gasteiger partial charge >= 0.3 is 0 Å². The third-order valence-corrected chi connectivity index (χ3v) is 6.10. The Kier molecular flexibility index (Phi) is 4.63. The first kappa shape index (κ1) is 16.8. The molecule has 1 aromatic heterocycles. The van der Waals surface area contributed by atoms with Gasteiger partial charge < -0.3 is 14.9 Å². The fraction of sp³-hybridized carbons (Fsp3) is 0.550. The molecular formula is C20H26N2O3. The number of rotatable bonds is 5. The number of hydrogen-bond acceptors (Lipinski definition) is 5. The Labute approximate surface area is 148 Å². The van der Waals surface area contributed by atoms with E-state index < -0.39 is 6.10 Å².